The molecule has 0 bridgehead atoms. The highest BCUT2D eigenvalue weighted by Gasteiger charge is 2.24. The Morgan fingerprint density at radius 3 is 2.85 bits per heavy atom. The number of amides is 1. The Morgan fingerprint density at radius 2 is 2.19 bits per heavy atom. The number of rotatable bonds is 7. The van der Waals surface area contributed by atoms with Gasteiger partial charge in [-0.1, -0.05) is 6.07 Å². The van der Waals surface area contributed by atoms with Crippen molar-refractivity contribution >= 4 is 29.0 Å². The summed E-state index contributed by atoms with van der Waals surface area (Å²) in [5.74, 6) is 0.498. The van der Waals surface area contributed by atoms with Crippen LogP contribution in [-0.2, 0) is 4.74 Å². The lowest BCUT2D eigenvalue weighted by atomic mass is 10.1. The Balaban J connectivity index is 1.71. The molecule has 1 N–H and O–H groups in total. The van der Waals surface area contributed by atoms with Crippen LogP contribution >= 0.6 is 23.1 Å². The van der Waals surface area contributed by atoms with E-state index in [4.69, 9.17) is 9.47 Å². The van der Waals surface area contributed by atoms with Crippen LogP contribution < -0.4 is 10.1 Å². The summed E-state index contributed by atoms with van der Waals surface area (Å²) in [6.45, 7) is 3.79. The van der Waals surface area contributed by atoms with Crippen LogP contribution in [0, 0.1) is 0 Å². The van der Waals surface area contributed by atoms with Crippen LogP contribution in [0.15, 0.2) is 40.6 Å². The number of methoxy groups -OCH3 is 1. The number of hydrogen-bond donors (Lipinski definition) is 1. The number of ether oxygens (including phenoxy) is 2. The van der Waals surface area contributed by atoms with Gasteiger partial charge in [0.05, 0.1) is 31.9 Å². The fourth-order valence-corrected chi connectivity index (χ4v) is 4.34. The number of hydrogen-bond acceptors (Lipinski definition) is 6. The van der Waals surface area contributed by atoms with Crippen LogP contribution in [0.3, 0.4) is 0 Å². The maximum absolute atomic E-state index is 12.7. The van der Waals surface area contributed by atoms with Crippen molar-refractivity contribution in [3.8, 4) is 5.75 Å². The number of thiophene rings is 1. The van der Waals surface area contributed by atoms with Crippen molar-refractivity contribution in [2.75, 3.05) is 46.2 Å². The second-order valence-electron chi connectivity index (χ2n) is 5.96. The van der Waals surface area contributed by atoms with Crippen molar-refractivity contribution < 1.29 is 14.3 Å². The first kappa shape index (κ1) is 19.2. The summed E-state index contributed by atoms with van der Waals surface area (Å²) < 4.78 is 10.9. The minimum atomic E-state index is -0.107. The maximum Gasteiger partial charge on any atom is 0.255 e. The normalized spacial score (nSPS) is 16.2. The van der Waals surface area contributed by atoms with Gasteiger partial charge < -0.3 is 14.8 Å². The number of benzene rings is 1. The van der Waals surface area contributed by atoms with Crippen molar-refractivity contribution in [3.05, 3.63) is 46.2 Å². The zero-order chi connectivity index (χ0) is 18.4. The summed E-state index contributed by atoms with van der Waals surface area (Å²) >= 11 is 3.35. The van der Waals surface area contributed by atoms with E-state index in [0.717, 1.165) is 31.2 Å². The highest BCUT2D eigenvalue weighted by molar-refractivity contribution is 7.98. The summed E-state index contributed by atoms with van der Waals surface area (Å²) in [6, 6.07) is 10.0. The fraction of sp³-hybridized carbons (Fsp3) is 0.421. The Morgan fingerprint density at radius 1 is 1.38 bits per heavy atom. The molecule has 0 aliphatic carbocycles. The van der Waals surface area contributed by atoms with Crippen molar-refractivity contribution in [2.24, 2.45) is 0 Å². The second-order valence-corrected chi connectivity index (χ2v) is 7.81. The summed E-state index contributed by atoms with van der Waals surface area (Å²) in [4.78, 5) is 17.5. The molecule has 2 heterocycles. The largest absolute Gasteiger partial charge is 0.496 e. The molecule has 1 fully saturated rings. The molecule has 5 nitrogen and oxygen atoms in total. The van der Waals surface area contributed by atoms with Crippen molar-refractivity contribution in [2.45, 2.75) is 10.9 Å². The number of carbonyl (C=O) groups excluding carboxylic acids is 1. The molecule has 1 amide bonds. The summed E-state index contributed by atoms with van der Waals surface area (Å²) in [6.07, 6.45) is 2.00. The van der Waals surface area contributed by atoms with Gasteiger partial charge in [0.2, 0.25) is 0 Å². The van der Waals surface area contributed by atoms with Gasteiger partial charge in [0.25, 0.3) is 5.91 Å². The van der Waals surface area contributed by atoms with E-state index in [2.05, 4.69) is 27.7 Å². The Hall–Kier alpha value is -1.54. The SMILES string of the molecule is COc1cc(SC)ccc1C(=O)NC[C@@H](c1cccs1)N1CCOCC1. The molecule has 1 aliphatic heterocycles. The number of carbonyl (C=O) groups is 1. The molecule has 0 saturated carbocycles. The van der Waals surface area contributed by atoms with Crippen molar-refractivity contribution in [1.82, 2.24) is 10.2 Å². The summed E-state index contributed by atoms with van der Waals surface area (Å²) in [5.41, 5.74) is 0.567. The molecule has 140 valence electrons. The molecule has 1 atom stereocenters. The maximum atomic E-state index is 12.7. The Bertz CT molecular complexity index is 716. The number of nitrogens with one attached hydrogen (secondary N) is 1. The average Bonchev–Trinajstić information content (AvgIpc) is 3.22. The molecular formula is C19H24N2O3S2. The molecule has 0 spiro atoms. The van der Waals surface area contributed by atoms with Gasteiger partial charge in [-0.3, -0.25) is 9.69 Å². The molecule has 1 saturated heterocycles. The third-order valence-electron chi connectivity index (χ3n) is 4.47. The summed E-state index contributed by atoms with van der Waals surface area (Å²) in [5, 5.41) is 5.17. The van der Waals surface area contributed by atoms with Crippen LogP contribution in [0.4, 0.5) is 0 Å². The van der Waals surface area contributed by atoms with Crippen molar-refractivity contribution in [1.29, 1.82) is 0 Å². The topological polar surface area (TPSA) is 50.8 Å². The number of morpholine rings is 1. The number of nitrogens with zero attached hydrogens (tertiary/aromatic N) is 1. The molecule has 0 unspecified atom stereocenters. The van der Waals surface area contributed by atoms with E-state index < -0.39 is 0 Å². The third-order valence-corrected chi connectivity index (χ3v) is 6.17. The molecule has 26 heavy (non-hydrogen) atoms. The lowest BCUT2D eigenvalue weighted by molar-refractivity contribution is 0.0169. The fourth-order valence-electron chi connectivity index (χ4n) is 3.05. The number of thioether (sulfide) groups is 1. The standard InChI is InChI=1S/C19H24N2O3S2/c1-23-17-12-14(25-2)5-6-15(17)19(22)20-13-16(18-4-3-11-26-18)21-7-9-24-10-8-21/h3-6,11-12,16H,7-10,13H2,1-2H3,(H,20,22)/t16-/m0/s1. The van der Waals surface area contributed by atoms with E-state index >= 15 is 0 Å². The third kappa shape index (κ3) is 4.59. The van der Waals surface area contributed by atoms with E-state index in [1.54, 1.807) is 30.2 Å². The lowest BCUT2D eigenvalue weighted by Gasteiger charge is -2.34. The van der Waals surface area contributed by atoms with Gasteiger partial charge in [-0.2, -0.15) is 0 Å². The lowest BCUT2D eigenvalue weighted by Crippen LogP contribution is -2.43. The predicted molar refractivity (Wildman–Crippen MR) is 107 cm³/mol. The first-order valence-electron chi connectivity index (χ1n) is 8.58. The molecule has 0 radical (unpaired) electrons. The van der Waals surface area contributed by atoms with Crippen LogP contribution in [0.25, 0.3) is 0 Å². The van der Waals surface area contributed by atoms with Crippen molar-refractivity contribution in [3.63, 3.8) is 0 Å². The molecular weight excluding hydrogens is 368 g/mol. The van der Waals surface area contributed by atoms with Crippen LogP contribution in [0.5, 0.6) is 5.75 Å². The molecule has 1 aromatic heterocycles. The molecule has 3 rings (SSSR count). The summed E-state index contributed by atoms with van der Waals surface area (Å²) in [7, 11) is 1.60. The monoisotopic (exact) mass is 392 g/mol. The van der Waals surface area contributed by atoms with Gasteiger partial charge in [-0.15, -0.1) is 23.1 Å². The van der Waals surface area contributed by atoms with Gasteiger partial charge >= 0.3 is 0 Å². The first-order valence-corrected chi connectivity index (χ1v) is 10.7. The van der Waals surface area contributed by atoms with Gasteiger partial charge in [0, 0.05) is 29.4 Å². The molecule has 2 aromatic rings. The minimum Gasteiger partial charge on any atom is -0.496 e. The van der Waals surface area contributed by atoms with E-state index in [0.29, 0.717) is 17.9 Å². The van der Waals surface area contributed by atoms with E-state index in [1.165, 1.54) is 4.88 Å². The van der Waals surface area contributed by atoms with Crippen LogP contribution in [0.1, 0.15) is 21.3 Å². The van der Waals surface area contributed by atoms with Crippen LogP contribution in [-0.4, -0.2) is 57.0 Å². The highest BCUT2D eigenvalue weighted by Crippen LogP contribution is 2.27. The Kier molecular flexibility index (Phi) is 6.96. The quantitative estimate of drug-likeness (QED) is 0.733. The van der Waals surface area contributed by atoms with E-state index in [-0.39, 0.29) is 11.9 Å². The van der Waals surface area contributed by atoms with E-state index in [1.807, 2.05) is 24.5 Å². The van der Waals surface area contributed by atoms with Gasteiger partial charge in [0.1, 0.15) is 5.75 Å². The van der Waals surface area contributed by atoms with Gasteiger partial charge in [-0.05, 0) is 35.9 Å². The first-order chi connectivity index (χ1) is 12.7. The van der Waals surface area contributed by atoms with E-state index in [9.17, 15) is 4.79 Å². The molecule has 1 aromatic carbocycles. The zero-order valence-electron chi connectivity index (χ0n) is 15.1. The smallest absolute Gasteiger partial charge is 0.255 e. The van der Waals surface area contributed by atoms with Crippen LogP contribution in [0.2, 0.25) is 0 Å². The average molecular weight is 393 g/mol. The second kappa shape index (κ2) is 9.41. The van der Waals surface area contributed by atoms with Gasteiger partial charge in [0.15, 0.2) is 0 Å². The molecule has 1 aliphatic rings. The minimum absolute atomic E-state index is 0.107. The zero-order valence-corrected chi connectivity index (χ0v) is 16.7. The Labute approximate surface area is 162 Å². The van der Waals surface area contributed by atoms with Gasteiger partial charge in [-0.25, -0.2) is 0 Å². The predicted octanol–water partition coefficient (Wildman–Crippen LogP) is 3.28. The molecule has 7 heteroatoms. The highest BCUT2D eigenvalue weighted by atomic mass is 32.2.